The molecule has 2 aromatic carbocycles. The van der Waals surface area contributed by atoms with Crippen molar-refractivity contribution in [3.05, 3.63) is 85.0 Å². The highest BCUT2D eigenvalue weighted by atomic mass is 35.5. The van der Waals surface area contributed by atoms with E-state index in [0.717, 1.165) is 4.57 Å². The Kier molecular flexibility index (Phi) is 9.26. The van der Waals surface area contributed by atoms with Crippen LogP contribution in [0.15, 0.2) is 52.2 Å². The van der Waals surface area contributed by atoms with Crippen LogP contribution in [-0.2, 0) is 25.4 Å². The highest BCUT2D eigenvalue weighted by molar-refractivity contribution is 6.39. The Balaban J connectivity index is 1.34. The predicted molar refractivity (Wildman–Crippen MR) is 180 cm³/mol. The van der Waals surface area contributed by atoms with Gasteiger partial charge in [-0.1, -0.05) is 53.5 Å². The van der Waals surface area contributed by atoms with Gasteiger partial charge in [0, 0.05) is 50.0 Å². The third kappa shape index (κ3) is 6.20. The van der Waals surface area contributed by atoms with Gasteiger partial charge in [-0.15, -0.1) is 0 Å². The van der Waals surface area contributed by atoms with Crippen LogP contribution in [0.5, 0.6) is 5.88 Å². The number of ether oxygens (including phenoxy) is 2. The average Bonchev–Trinajstić information content (AvgIpc) is 3.07. The number of nitrogens with one attached hydrogen (secondary N) is 2. The van der Waals surface area contributed by atoms with Crippen molar-refractivity contribution in [2.24, 2.45) is 14.1 Å². The summed E-state index contributed by atoms with van der Waals surface area (Å²) >= 11 is 14.0. The number of benzene rings is 2. The van der Waals surface area contributed by atoms with E-state index in [9.17, 15) is 14.7 Å². The lowest BCUT2D eigenvalue weighted by atomic mass is 10.0. The second kappa shape index (κ2) is 13.4. The first-order valence-corrected chi connectivity index (χ1v) is 15.5. The van der Waals surface area contributed by atoms with E-state index in [1.165, 1.54) is 18.7 Å². The van der Waals surface area contributed by atoms with E-state index in [1.807, 2.05) is 24.3 Å². The molecule has 0 bridgehead atoms. The number of fused-ring (bicyclic) bond motifs is 1. The Hall–Kier alpha value is -4.40. The summed E-state index contributed by atoms with van der Waals surface area (Å²) in [4.78, 5) is 43.8. The molecular formula is C32H32Cl2N8O5. The number of hydrogen-bond donors (Lipinski definition) is 3. The molecule has 0 amide bonds. The first-order chi connectivity index (χ1) is 22.6. The molecule has 3 aromatic heterocycles. The summed E-state index contributed by atoms with van der Waals surface area (Å²) in [5.74, 6) is 0.912. The lowest BCUT2D eigenvalue weighted by molar-refractivity contribution is -0.0281. The summed E-state index contributed by atoms with van der Waals surface area (Å²) in [6, 6.07) is 10.8. The maximum Gasteiger partial charge on any atom is 0.332 e. The molecule has 6 rings (SSSR count). The van der Waals surface area contributed by atoms with E-state index >= 15 is 0 Å². The second-order valence-corrected chi connectivity index (χ2v) is 11.9. The smallest absolute Gasteiger partial charge is 0.332 e. The van der Waals surface area contributed by atoms with Crippen LogP contribution >= 0.6 is 23.2 Å². The Morgan fingerprint density at radius 3 is 2.49 bits per heavy atom. The van der Waals surface area contributed by atoms with Gasteiger partial charge in [0.2, 0.25) is 5.88 Å². The summed E-state index contributed by atoms with van der Waals surface area (Å²) in [7, 11) is 4.47. The van der Waals surface area contributed by atoms with Crippen LogP contribution in [-0.4, -0.2) is 66.6 Å². The fourth-order valence-electron chi connectivity index (χ4n) is 5.56. The van der Waals surface area contributed by atoms with Crippen molar-refractivity contribution in [3.63, 3.8) is 0 Å². The normalized spacial score (nSPS) is 16.4. The molecule has 1 aliphatic heterocycles. The maximum atomic E-state index is 13.1. The monoisotopic (exact) mass is 678 g/mol. The van der Waals surface area contributed by atoms with Gasteiger partial charge in [-0.3, -0.25) is 18.9 Å². The minimum Gasteiger partial charge on any atom is -0.480 e. The zero-order valence-corrected chi connectivity index (χ0v) is 27.6. The van der Waals surface area contributed by atoms with E-state index in [-0.39, 0.29) is 29.5 Å². The second-order valence-electron chi connectivity index (χ2n) is 11.1. The highest BCUT2D eigenvalue weighted by Crippen LogP contribution is 2.42. The number of aryl methyl sites for hydroxylation is 2. The highest BCUT2D eigenvalue weighted by Gasteiger charge is 2.24. The van der Waals surface area contributed by atoms with Crippen LogP contribution in [0.1, 0.15) is 17.9 Å². The Morgan fingerprint density at radius 1 is 1.02 bits per heavy atom. The number of aromatic nitrogens is 6. The van der Waals surface area contributed by atoms with Gasteiger partial charge in [0.25, 0.3) is 5.56 Å². The number of aliphatic hydroxyl groups excluding tert-OH is 1. The molecule has 3 N–H and O–H groups in total. The number of rotatable bonds is 8. The molecule has 4 heterocycles. The van der Waals surface area contributed by atoms with Crippen molar-refractivity contribution >= 4 is 45.7 Å². The van der Waals surface area contributed by atoms with Crippen molar-refractivity contribution in [3.8, 4) is 28.3 Å². The van der Waals surface area contributed by atoms with E-state index < -0.39 is 17.4 Å². The zero-order chi connectivity index (χ0) is 33.4. The van der Waals surface area contributed by atoms with Gasteiger partial charge in [0.15, 0.2) is 5.65 Å². The van der Waals surface area contributed by atoms with Gasteiger partial charge < -0.3 is 25.2 Å². The molecule has 47 heavy (non-hydrogen) atoms. The number of methoxy groups -OCH3 is 1. The molecule has 0 spiro atoms. The average molecular weight is 680 g/mol. The number of nitrogens with zero attached hydrogens (tertiary/aromatic N) is 6. The molecular weight excluding hydrogens is 647 g/mol. The molecule has 0 radical (unpaired) electrons. The summed E-state index contributed by atoms with van der Waals surface area (Å²) in [6.45, 7) is 2.89. The number of aliphatic hydroxyl groups is 1. The number of anilines is 2. The predicted octanol–water partition coefficient (Wildman–Crippen LogP) is 3.76. The Morgan fingerprint density at radius 2 is 1.74 bits per heavy atom. The first-order valence-electron chi connectivity index (χ1n) is 14.8. The minimum absolute atomic E-state index is 0.118. The summed E-state index contributed by atoms with van der Waals surface area (Å²) in [5, 5.41) is 17.6. The van der Waals surface area contributed by atoms with E-state index in [0.29, 0.717) is 75.1 Å². The third-order valence-electron chi connectivity index (χ3n) is 8.09. The Labute approximate surface area is 279 Å². The summed E-state index contributed by atoms with van der Waals surface area (Å²) in [6.07, 6.45) is 1.71. The first kappa shape index (κ1) is 32.5. The van der Waals surface area contributed by atoms with Crippen LogP contribution in [0.2, 0.25) is 10.0 Å². The van der Waals surface area contributed by atoms with Crippen molar-refractivity contribution in [1.29, 1.82) is 0 Å². The molecule has 1 fully saturated rings. The fraction of sp³-hybridized carbons (Fsp3) is 0.312. The van der Waals surface area contributed by atoms with Crippen molar-refractivity contribution in [2.75, 3.05) is 25.6 Å². The SMILES string of the molecule is COc1nc(-c2cccc(-c3cccc(Nc4nc(C)nc5c4c(=O)n(C)c(=O)n5C)c3Cl)c2Cl)cnc1CN[C@@H]1CCOC[C@H]1O. The largest absolute Gasteiger partial charge is 0.480 e. The molecule has 0 aliphatic carbocycles. The van der Waals surface area contributed by atoms with Crippen LogP contribution in [0.25, 0.3) is 33.4 Å². The van der Waals surface area contributed by atoms with E-state index in [2.05, 4.69) is 30.6 Å². The molecule has 0 saturated carbocycles. The lowest BCUT2D eigenvalue weighted by Gasteiger charge is -2.28. The molecule has 244 valence electrons. The van der Waals surface area contributed by atoms with Gasteiger partial charge in [-0.05, 0) is 19.4 Å². The topological polar surface area (TPSA) is 158 Å². The standard InChI is InChI=1S/C32H32Cl2N8O5/c1-16-37-28(25-29(38-16)41(2)32(45)42(3)31(25)44)39-21-10-6-8-18(27(21)34)17-7-5-9-19(26(17)33)22-13-36-23(30(40-22)46-4)14-35-20-11-12-47-15-24(20)43/h5-10,13,20,24,35,43H,11-12,14-15H2,1-4H3,(H,37,38,39)/t20-,24-/m1/s1. The van der Waals surface area contributed by atoms with E-state index in [4.69, 9.17) is 32.7 Å². The molecule has 0 unspecified atom stereocenters. The fourth-order valence-corrected chi connectivity index (χ4v) is 6.16. The van der Waals surface area contributed by atoms with Crippen molar-refractivity contribution < 1.29 is 14.6 Å². The van der Waals surface area contributed by atoms with E-state index in [1.54, 1.807) is 32.3 Å². The van der Waals surface area contributed by atoms with Crippen LogP contribution < -0.4 is 26.6 Å². The molecule has 5 aromatic rings. The molecule has 1 saturated heterocycles. The van der Waals surface area contributed by atoms with Crippen LogP contribution in [0.4, 0.5) is 11.5 Å². The molecule has 2 atom stereocenters. The van der Waals surface area contributed by atoms with Gasteiger partial charge in [0.1, 0.15) is 22.7 Å². The van der Waals surface area contributed by atoms with Gasteiger partial charge in [-0.2, -0.15) is 0 Å². The van der Waals surface area contributed by atoms with Gasteiger partial charge in [-0.25, -0.2) is 19.7 Å². The van der Waals surface area contributed by atoms with Crippen molar-refractivity contribution in [2.45, 2.75) is 32.0 Å². The Bertz CT molecular complexity index is 2120. The maximum absolute atomic E-state index is 13.1. The molecule has 15 heteroatoms. The zero-order valence-electron chi connectivity index (χ0n) is 26.0. The minimum atomic E-state index is -0.601. The quantitative estimate of drug-likeness (QED) is 0.219. The van der Waals surface area contributed by atoms with Crippen LogP contribution in [0.3, 0.4) is 0 Å². The lowest BCUT2D eigenvalue weighted by Crippen LogP contribution is -2.46. The van der Waals surface area contributed by atoms with Crippen LogP contribution in [0, 0.1) is 6.92 Å². The summed E-state index contributed by atoms with van der Waals surface area (Å²) in [5.41, 5.74) is 2.60. The number of hydrogen-bond acceptors (Lipinski definition) is 11. The summed E-state index contributed by atoms with van der Waals surface area (Å²) < 4.78 is 13.2. The molecule has 1 aliphatic rings. The van der Waals surface area contributed by atoms with Crippen molar-refractivity contribution in [1.82, 2.24) is 34.4 Å². The van der Waals surface area contributed by atoms with Gasteiger partial charge >= 0.3 is 5.69 Å². The van der Waals surface area contributed by atoms with Gasteiger partial charge in [0.05, 0.1) is 47.4 Å². The molecule has 13 nitrogen and oxygen atoms in total. The third-order valence-corrected chi connectivity index (χ3v) is 8.91. The number of halogens is 2.